The predicted molar refractivity (Wildman–Crippen MR) is 60.2 cm³/mol. The Kier molecular flexibility index (Phi) is 7.17. The lowest BCUT2D eigenvalue weighted by Crippen LogP contribution is -2.29. The van der Waals surface area contributed by atoms with Gasteiger partial charge in [0.1, 0.15) is 0 Å². The van der Waals surface area contributed by atoms with Crippen LogP contribution in [-0.2, 0) is 4.79 Å². The van der Waals surface area contributed by atoms with Crippen LogP contribution >= 0.6 is 23.2 Å². The molecule has 0 bridgehead atoms. The van der Waals surface area contributed by atoms with Gasteiger partial charge in [-0.15, -0.1) is 23.2 Å². The van der Waals surface area contributed by atoms with E-state index in [2.05, 4.69) is 11.7 Å². The van der Waals surface area contributed by atoms with Gasteiger partial charge >= 0.3 is 5.97 Å². The minimum atomic E-state index is -0.981. The number of aliphatic carboxylic acids is 1. The zero-order chi connectivity index (χ0) is 11.8. The fourth-order valence-corrected chi connectivity index (χ4v) is 1.65. The van der Waals surface area contributed by atoms with Crippen LogP contribution in [0.2, 0.25) is 0 Å². The second-order valence-corrected chi connectivity index (χ2v) is 3.97. The molecule has 0 heterocycles. The molecule has 2 unspecified atom stereocenters. The number of hydrogen-bond donors (Lipinski definition) is 2. The number of rotatable bonds is 1. The minimum absolute atomic E-state index is 0.0682. The summed E-state index contributed by atoms with van der Waals surface area (Å²) in [5.74, 6) is -0.981. The van der Waals surface area contributed by atoms with E-state index in [1.807, 2.05) is 0 Å². The van der Waals surface area contributed by atoms with Crippen LogP contribution in [0.5, 0.6) is 0 Å². The van der Waals surface area contributed by atoms with E-state index in [4.69, 9.17) is 33.5 Å². The van der Waals surface area contributed by atoms with Crippen LogP contribution in [0.25, 0.3) is 0 Å². The quantitative estimate of drug-likeness (QED) is 0.327. The molecule has 4 nitrogen and oxygen atoms in total. The first-order valence-corrected chi connectivity index (χ1v) is 5.24. The zero-order valence-electron chi connectivity index (χ0n) is 8.07. The van der Waals surface area contributed by atoms with Gasteiger partial charge in [0.15, 0.2) is 0 Å². The van der Waals surface area contributed by atoms with Crippen molar-refractivity contribution in [2.45, 2.75) is 30.0 Å². The van der Waals surface area contributed by atoms with Crippen LogP contribution in [0.1, 0.15) is 19.3 Å². The summed E-state index contributed by atoms with van der Waals surface area (Å²) < 4.78 is 0. The van der Waals surface area contributed by atoms with Crippen LogP contribution in [0, 0.1) is 0 Å². The lowest BCUT2D eigenvalue weighted by Gasteiger charge is -2.21. The first kappa shape index (κ1) is 14.3. The molecule has 1 rings (SSSR count). The highest BCUT2D eigenvalue weighted by Gasteiger charge is 2.26. The number of hydrogen-bond acceptors (Lipinski definition) is 3. The Morgan fingerprint density at radius 3 is 2.47 bits per heavy atom. The molecule has 0 aromatic rings. The highest BCUT2D eigenvalue weighted by atomic mass is 35.5. The fourth-order valence-electron chi connectivity index (χ4n) is 1.08. The summed E-state index contributed by atoms with van der Waals surface area (Å²) in [5.41, 5.74) is 0.618. The van der Waals surface area contributed by atoms with Crippen molar-refractivity contribution in [2.24, 2.45) is 5.16 Å². The Labute approximate surface area is 98.2 Å². The summed E-state index contributed by atoms with van der Waals surface area (Å²) in [4.78, 5) is 9.25. The Bertz CT molecular complexity index is 256. The Balaban J connectivity index is 0.000000336. The molecule has 1 saturated carbocycles. The summed E-state index contributed by atoms with van der Waals surface area (Å²) in [6, 6.07) is 0. The number of carbonyl (C=O) groups is 1. The molecule has 1 aliphatic rings. The van der Waals surface area contributed by atoms with Crippen molar-refractivity contribution in [1.29, 1.82) is 0 Å². The van der Waals surface area contributed by atoms with E-state index in [1.54, 1.807) is 0 Å². The van der Waals surface area contributed by atoms with Gasteiger partial charge in [-0.2, -0.15) is 0 Å². The third-order valence-corrected chi connectivity index (χ3v) is 3.01. The maximum Gasteiger partial charge on any atom is 0.327 e. The van der Waals surface area contributed by atoms with Crippen LogP contribution < -0.4 is 0 Å². The molecule has 0 aromatic heterocycles. The molecule has 0 spiro atoms. The van der Waals surface area contributed by atoms with Crippen molar-refractivity contribution in [3.05, 3.63) is 12.7 Å². The molecule has 1 fully saturated rings. The van der Waals surface area contributed by atoms with Crippen LogP contribution in [-0.4, -0.2) is 32.7 Å². The smallest absolute Gasteiger partial charge is 0.327 e. The normalized spacial score (nSPS) is 27.7. The molecular formula is C9H13Cl2NO3. The van der Waals surface area contributed by atoms with Crippen molar-refractivity contribution >= 4 is 34.9 Å². The van der Waals surface area contributed by atoms with E-state index in [-0.39, 0.29) is 10.8 Å². The van der Waals surface area contributed by atoms with Gasteiger partial charge in [0.25, 0.3) is 0 Å². The number of nitrogens with zero attached hydrogens (tertiary/aromatic N) is 1. The Hall–Kier alpha value is -0.740. The standard InChI is InChI=1S/C6H9Cl2NO.C3H4O2/c7-4-2-1-3-5(9-10)6(4)8;1-2-3(4)5/h4,6,10H,1-3H2;2H,1H2,(H,4,5). The molecule has 2 N–H and O–H groups in total. The number of carboxylic acids is 1. The topological polar surface area (TPSA) is 69.9 Å². The average Bonchev–Trinajstić information content (AvgIpc) is 2.23. The third kappa shape index (κ3) is 5.64. The monoisotopic (exact) mass is 253 g/mol. The van der Waals surface area contributed by atoms with Crippen molar-refractivity contribution in [2.75, 3.05) is 0 Å². The summed E-state index contributed by atoms with van der Waals surface area (Å²) in [7, 11) is 0. The van der Waals surface area contributed by atoms with Crippen molar-refractivity contribution in [3.8, 4) is 0 Å². The molecule has 15 heavy (non-hydrogen) atoms. The first-order valence-electron chi connectivity index (χ1n) is 4.37. The molecule has 2 atom stereocenters. The van der Waals surface area contributed by atoms with E-state index in [0.29, 0.717) is 5.71 Å². The SMILES string of the molecule is C=CC(=O)O.ON=C1CCCC(Cl)C1Cl. The second kappa shape index (κ2) is 7.54. The van der Waals surface area contributed by atoms with E-state index >= 15 is 0 Å². The Morgan fingerprint density at radius 1 is 1.60 bits per heavy atom. The second-order valence-electron chi connectivity index (χ2n) is 2.94. The lowest BCUT2D eigenvalue weighted by atomic mass is 9.98. The van der Waals surface area contributed by atoms with Gasteiger partial charge < -0.3 is 10.3 Å². The third-order valence-electron chi connectivity index (χ3n) is 1.85. The Morgan fingerprint density at radius 2 is 2.13 bits per heavy atom. The highest BCUT2D eigenvalue weighted by molar-refractivity contribution is 6.38. The molecule has 0 saturated heterocycles. The summed E-state index contributed by atoms with van der Waals surface area (Å²) in [6.07, 6.45) is 3.49. The van der Waals surface area contributed by atoms with Crippen LogP contribution in [0.15, 0.2) is 17.8 Å². The summed E-state index contributed by atoms with van der Waals surface area (Å²) in [6.45, 7) is 2.96. The molecule has 0 aliphatic heterocycles. The zero-order valence-corrected chi connectivity index (χ0v) is 9.58. The maximum absolute atomic E-state index is 9.25. The fraction of sp³-hybridized carbons (Fsp3) is 0.556. The van der Waals surface area contributed by atoms with E-state index in [0.717, 1.165) is 25.3 Å². The average molecular weight is 254 g/mol. The number of oxime groups is 1. The molecule has 6 heteroatoms. The summed E-state index contributed by atoms with van der Waals surface area (Å²) >= 11 is 11.6. The van der Waals surface area contributed by atoms with Gasteiger partial charge in [-0.3, -0.25) is 0 Å². The van der Waals surface area contributed by atoms with E-state index in [1.165, 1.54) is 0 Å². The first-order chi connectivity index (χ1) is 7.02. The van der Waals surface area contributed by atoms with E-state index in [9.17, 15) is 4.79 Å². The predicted octanol–water partition coefficient (Wildman–Crippen LogP) is 2.47. The highest BCUT2D eigenvalue weighted by Crippen LogP contribution is 2.25. The van der Waals surface area contributed by atoms with Gasteiger partial charge in [0.05, 0.1) is 16.5 Å². The van der Waals surface area contributed by atoms with Crippen LogP contribution in [0.3, 0.4) is 0 Å². The molecule has 0 radical (unpaired) electrons. The molecule has 0 aromatic carbocycles. The van der Waals surface area contributed by atoms with Crippen molar-refractivity contribution in [3.63, 3.8) is 0 Å². The molecule has 86 valence electrons. The van der Waals surface area contributed by atoms with Gasteiger partial charge in [0, 0.05) is 6.08 Å². The molecule has 1 aliphatic carbocycles. The number of alkyl halides is 2. The lowest BCUT2D eigenvalue weighted by molar-refractivity contribution is -0.131. The van der Waals surface area contributed by atoms with Gasteiger partial charge in [-0.25, -0.2) is 4.79 Å². The van der Waals surface area contributed by atoms with Gasteiger partial charge in [-0.05, 0) is 19.3 Å². The number of carboxylic acid groups (broad SMARTS) is 1. The van der Waals surface area contributed by atoms with Crippen molar-refractivity contribution in [1.82, 2.24) is 0 Å². The van der Waals surface area contributed by atoms with Gasteiger partial charge in [-0.1, -0.05) is 11.7 Å². The molecule has 0 amide bonds. The summed E-state index contributed by atoms with van der Waals surface area (Å²) in [5, 5.41) is 18.8. The van der Waals surface area contributed by atoms with Gasteiger partial charge in [0.2, 0.25) is 0 Å². The number of halogens is 2. The van der Waals surface area contributed by atoms with Crippen LogP contribution in [0.4, 0.5) is 0 Å². The minimum Gasteiger partial charge on any atom is -0.478 e. The molecular weight excluding hydrogens is 241 g/mol. The largest absolute Gasteiger partial charge is 0.478 e. The maximum atomic E-state index is 9.25. The van der Waals surface area contributed by atoms with E-state index < -0.39 is 5.97 Å². The van der Waals surface area contributed by atoms with Crippen molar-refractivity contribution < 1.29 is 15.1 Å².